The first-order chi connectivity index (χ1) is 18.7. The Morgan fingerprint density at radius 3 is 1.71 bits per heavy atom. The van der Waals surface area contributed by atoms with Crippen molar-refractivity contribution in [2.24, 2.45) is 23.6 Å². The molecule has 2 N–H and O–H groups in total. The lowest BCUT2D eigenvalue weighted by Gasteiger charge is -2.22. The minimum atomic E-state index is -4.25. The van der Waals surface area contributed by atoms with Crippen LogP contribution >= 0.6 is 0 Å². The van der Waals surface area contributed by atoms with E-state index in [-0.39, 0.29) is 10.1 Å². The van der Waals surface area contributed by atoms with Crippen LogP contribution in [0.5, 0.6) is 0 Å². The van der Waals surface area contributed by atoms with E-state index in [1.807, 2.05) is 32.8 Å². The topological polar surface area (TPSA) is 191 Å². The molecule has 0 spiro atoms. The highest BCUT2D eigenvalue weighted by molar-refractivity contribution is 7.90. The molecule has 0 saturated carbocycles. The fraction of sp³-hybridized carbons (Fsp3) is 0.500. The van der Waals surface area contributed by atoms with Crippen molar-refractivity contribution in [2.75, 3.05) is 33.2 Å². The average Bonchev–Trinajstić information content (AvgIpc) is 3.48. The Morgan fingerprint density at radius 2 is 1.34 bits per heavy atom. The molecule has 0 aliphatic rings. The number of nitrogens with zero attached hydrogens (tertiary/aromatic N) is 7. The summed E-state index contributed by atoms with van der Waals surface area (Å²) >= 11 is 0. The molecule has 3 aromatic heterocycles. The molecule has 17 heteroatoms. The van der Waals surface area contributed by atoms with Crippen molar-refractivity contribution in [3.63, 3.8) is 0 Å². The standard InChI is InChI=1S/C16H23N5O4S.C8H15N3O3S/c1-16(2,25-6)13-11-14(17-20(13)5)26(23,24)18-15(22)21-9-7-12(8-10-21)19(3)4;1-8(2,14-4)6-5-7(10-11(6)3)15(9,12)13/h7-11H,1-6H3;5H,1-4H3,(H2,9,12,13). The van der Waals surface area contributed by atoms with Gasteiger partial charge in [-0.3, -0.25) is 9.36 Å². The van der Waals surface area contributed by atoms with Gasteiger partial charge < -0.3 is 19.5 Å². The smallest absolute Gasteiger partial charge is 0.388 e. The van der Waals surface area contributed by atoms with Gasteiger partial charge in [-0.2, -0.15) is 18.6 Å². The minimum absolute atomic E-state index is 0.148. The molecule has 0 bridgehead atoms. The number of methoxy groups -OCH3 is 2. The second-order valence-corrected chi connectivity index (χ2v) is 13.2. The Kier molecular flexibility index (Phi) is 10.1. The second kappa shape index (κ2) is 12.2. The fourth-order valence-electron chi connectivity index (χ4n) is 3.52. The largest absolute Gasteiger partial charge is 0.806 e. The normalized spacial score (nSPS) is 13.1. The average molecular weight is 615 g/mol. The Balaban J connectivity index is 0.000000333. The van der Waals surface area contributed by atoms with Gasteiger partial charge in [0.25, 0.3) is 16.0 Å². The van der Waals surface area contributed by atoms with Crippen LogP contribution in [0.3, 0.4) is 0 Å². The number of primary sulfonamides is 1. The molecule has 0 aliphatic carbocycles. The van der Waals surface area contributed by atoms with E-state index in [0.717, 1.165) is 10.3 Å². The summed E-state index contributed by atoms with van der Waals surface area (Å²) in [6.45, 7) is 7.20. The van der Waals surface area contributed by atoms with Crippen LogP contribution in [0.2, 0.25) is 0 Å². The summed E-state index contributed by atoms with van der Waals surface area (Å²) < 4.78 is 64.9. The van der Waals surface area contributed by atoms with Gasteiger partial charge in [-0.15, -0.1) is 0 Å². The molecule has 0 amide bonds. The number of hydrogen-bond donors (Lipinski definition) is 1. The van der Waals surface area contributed by atoms with Crippen LogP contribution in [0.1, 0.15) is 39.1 Å². The molecule has 0 unspecified atom stereocenters. The van der Waals surface area contributed by atoms with E-state index in [9.17, 15) is 21.9 Å². The third-order valence-corrected chi connectivity index (χ3v) is 8.18. The number of aromatic nitrogens is 5. The quantitative estimate of drug-likeness (QED) is 0.198. The predicted octanol–water partition coefficient (Wildman–Crippen LogP) is -0.443. The molecular formula is C24H38N8O7S2. The zero-order valence-electron chi connectivity index (χ0n) is 24.8. The molecule has 3 heterocycles. The molecule has 41 heavy (non-hydrogen) atoms. The van der Waals surface area contributed by atoms with Crippen molar-refractivity contribution in [2.45, 2.75) is 48.9 Å². The van der Waals surface area contributed by atoms with Crippen molar-refractivity contribution in [3.05, 3.63) is 48.0 Å². The van der Waals surface area contributed by atoms with Gasteiger partial charge in [-0.05, 0) is 27.7 Å². The lowest BCUT2D eigenvalue weighted by molar-refractivity contribution is -0.613. The summed E-state index contributed by atoms with van der Waals surface area (Å²) in [5, 5.41) is 24.5. The summed E-state index contributed by atoms with van der Waals surface area (Å²) in [4.78, 5) is 1.86. The monoisotopic (exact) mass is 614 g/mol. The highest BCUT2D eigenvalue weighted by Crippen LogP contribution is 2.26. The molecule has 228 valence electrons. The second-order valence-electron chi connectivity index (χ2n) is 10.2. The molecule has 3 aromatic rings. The third kappa shape index (κ3) is 8.10. The van der Waals surface area contributed by atoms with Gasteiger partial charge in [-0.1, -0.05) is 0 Å². The highest BCUT2D eigenvalue weighted by Gasteiger charge is 2.31. The maximum absolute atomic E-state index is 12.4. The zero-order chi connectivity index (χ0) is 31.6. The number of anilines is 1. The Labute approximate surface area is 240 Å². The van der Waals surface area contributed by atoms with E-state index in [4.69, 9.17) is 14.6 Å². The maximum atomic E-state index is 12.4. The molecule has 0 aromatic carbocycles. The van der Waals surface area contributed by atoms with Gasteiger partial charge in [0.15, 0.2) is 5.03 Å². The van der Waals surface area contributed by atoms with Crippen molar-refractivity contribution in [1.29, 1.82) is 0 Å². The molecule has 0 aliphatic heterocycles. The first-order valence-electron chi connectivity index (χ1n) is 12.1. The first-order valence-corrected chi connectivity index (χ1v) is 15.1. The number of ether oxygens (including phenoxy) is 2. The fourth-order valence-corrected chi connectivity index (χ4v) is 4.92. The number of sulfonamides is 2. The van der Waals surface area contributed by atoms with E-state index in [2.05, 4.69) is 14.6 Å². The van der Waals surface area contributed by atoms with Crippen molar-refractivity contribution in [1.82, 2.24) is 19.6 Å². The van der Waals surface area contributed by atoms with Gasteiger partial charge in [0, 0.05) is 76.8 Å². The van der Waals surface area contributed by atoms with Crippen LogP contribution in [0, 0.1) is 0 Å². The van der Waals surface area contributed by atoms with Crippen molar-refractivity contribution >= 4 is 31.8 Å². The van der Waals surface area contributed by atoms with Gasteiger partial charge in [0.1, 0.15) is 11.2 Å². The predicted molar refractivity (Wildman–Crippen MR) is 149 cm³/mol. The Morgan fingerprint density at radius 1 is 0.927 bits per heavy atom. The SMILES string of the molecule is COC(C)(C)c1cc(S(=O)(=O)N=C([O-])[n+]2ccc(N(C)C)cc2)nn1C.COC(C)(C)c1cc(S(N)(=O)=O)nn1C. The Bertz CT molecular complexity index is 1610. The van der Waals surface area contributed by atoms with Crippen molar-refractivity contribution in [3.8, 4) is 0 Å². The minimum Gasteiger partial charge on any atom is -0.806 e. The lowest BCUT2D eigenvalue weighted by atomic mass is 10.1. The van der Waals surface area contributed by atoms with Gasteiger partial charge in [0.2, 0.25) is 5.03 Å². The molecule has 0 saturated heterocycles. The third-order valence-electron chi connectivity index (χ3n) is 6.27. The first kappa shape index (κ1) is 33.8. The Hall–Kier alpha value is -3.38. The summed E-state index contributed by atoms with van der Waals surface area (Å²) in [6.07, 6.45) is 2.91. The summed E-state index contributed by atoms with van der Waals surface area (Å²) in [6, 6.07) is 5.21. The zero-order valence-corrected chi connectivity index (χ0v) is 26.5. The highest BCUT2D eigenvalue weighted by atomic mass is 32.2. The molecule has 0 radical (unpaired) electrons. The summed E-state index contributed by atoms with van der Waals surface area (Å²) in [5.74, 6) is 0. The van der Waals surface area contributed by atoms with Crippen LogP contribution in [-0.4, -0.2) is 70.7 Å². The van der Waals surface area contributed by atoms with Gasteiger partial charge in [0.05, 0.1) is 23.8 Å². The van der Waals surface area contributed by atoms with Crippen molar-refractivity contribution < 1.29 is 36.0 Å². The van der Waals surface area contributed by atoms with Crippen LogP contribution in [-0.2, 0) is 54.8 Å². The van der Waals surface area contributed by atoms with Crippen LogP contribution in [0.4, 0.5) is 5.69 Å². The van der Waals surface area contributed by atoms with Gasteiger partial charge in [-0.25, -0.2) is 18.1 Å². The maximum Gasteiger partial charge on any atom is 0.388 e. The van der Waals surface area contributed by atoms with E-state index in [1.165, 1.54) is 41.0 Å². The molecule has 15 nitrogen and oxygen atoms in total. The van der Waals surface area contributed by atoms with E-state index in [0.29, 0.717) is 11.4 Å². The van der Waals surface area contributed by atoms with E-state index < -0.39 is 37.3 Å². The molecule has 0 atom stereocenters. The molecule has 0 fully saturated rings. The van der Waals surface area contributed by atoms with Crippen LogP contribution in [0.25, 0.3) is 0 Å². The molecule has 3 rings (SSSR count). The number of pyridine rings is 1. The van der Waals surface area contributed by atoms with E-state index in [1.54, 1.807) is 47.2 Å². The van der Waals surface area contributed by atoms with Crippen LogP contribution < -0.4 is 19.7 Å². The summed E-state index contributed by atoms with van der Waals surface area (Å²) in [5.41, 5.74) is 0.715. The summed E-state index contributed by atoms with van der Waals surface area (Å²) in [7, 11) is 2.02. The van der Waals surface area contributed by atoms with Gasteiger partial charge >= 0.3 is 10.0 Å². The number of rotatable bonds is 8. The lowest BCUT2D eigenvalue weighted by Crippen LogP contribution is -2.51. The van der Waals surface area contributed by atoms with E-state index >= 15 is 0 Å². The van der Waals surface area contributed by atoms with Crippen LogP contribution in [0.15, 0.2) is 51.1 Å². The number of nitrogens with two attached hydrogens (primary N) is 1. The molecular weight excluding hydrogens is 576 g/mol. The number of aryl methyl sites for hydroxylation is 2. The number of hydrogen-bond acceptors (Lipinski definition) is 10.